The monoisotopic (exact) mass is 363 g/mol. The molecule has 2 heterocycles. The maximum absolute atomic E-state index is 6.13. The highest BCUT2D eigenvalue weighted by atomic mass is 35.5. The Bertz CT molecular complexity index is 1070. The van der Waals surface area contributed by atoms with E-state index in [1.54, 1.807) is 16.9 Å². The van der Waals surface area contributed by atoms with Gasteiger partial charge in [-0.3, -0.25) is 0 Å². The van der Waals surface area contributed by atoms with E-state index in [-0.39, 0.29) is 5.95 Å². The van der Waals surface area contributed by atoms with Crippen molar-refractivity contribution in [3.8, 4) is 28.3 Å². The van der Waals surface area contributed by atoms with Crippen LogP contribution in [0.1, 0.15) is 5.56 Å². The van der Waals surface area contributed by atoms with Gasteiger partial charge in [-0.1, -0.05) is 41.4 Å². The third-order valence-electron chi connectivity index (χ3n) is 3.89. The summed E-state index contributed by atoms with van der Waals surface area (Å²) in [6, 6.07) is 15.3. The van der Waals surface area contributed by atoms with E-state index in [9.17, 15) is 0 Å². The average Bonchev–Trinajstić information content (AvgIpc) is 3.12. The van der Waals surface area contributed by atoms with Crippen LogP contribution in [0.15, 0.2) is 54.7 Å². The van der Waals surface area contributed by atoms with E-state index in [1.165, 1.54) is 0 Å². The van der Waals surface area contributed by atoms with Crippen molar-refractivity contribution in [2.24, 2.45) is 0 Å². The Morgan fingerprint density at radius 1 is 1.08 bits per heavy atom. The van der Waals surface area contributed by atoms with Gasteiger partial charge in [0.05, 0.1) is 16.9 Å². The minimum atomic E-state index is 0.165. The van der Waals surface area contributed by atoms with E-state index >= 15 is 0 Å². The maximum Gasteiger partial charge on any atom is 0.220 e. The van der Waals surface area contributed by atoms with E-state index in [2.05, 4.69) is 25.5 Å². The number of rotatable bonds is 3. The van der Waals surface area contributed by atoms with Crippen molar-refractivity contribution in [3.63, 3.8) is 0 Å². The van der Waals surface area contributed by atoms with Crippen molar-refractivity contribution >= 4 is 17.5 Å². The van der Waals surface area contributed by atoms with Crippen LogP contribution in [0.25, 0.3) is 28.3 Å². The standard InChI is InChI=1S/C18H14ClN7/c1-11-5-7-14(8-6-11)26-17(23-24-25-26)15-10-21-18(20)22-16(15)12-3-2-4-13(19)9-12/h2-10H,1H3,(H2,20,21,22). The maximum atomic E-state index is 6.13. The number of aryl methyl sites for hydroxylation is 1. The van der Waals surface area contributed by atoms with Gasteiger partial charge in [0.15, 0.2) is 5.82 Å². The summed E-state index contributed by atoms with van der Waals surface area (Å²) in [7, 11) is 0. The minimum absolute atomic E-state index is 0.165. The van der Waals surface area contributed by atoms with E-state index in [0.29, 0.717) is 22.1 Å². The zero-order valence-corrected chi connectivity index (χ0v) is 14.6. The van der Waals surface area contributed by atoms with Crippen molar-refractivity contribution < 1.29 is 0 Å². The first-order valence-corrected chi connectivity index (χ1v) is 8.24. The van der Waals surface area contributed by atoms with Crippen LogP contribution in [0.4, 0.5) is 5.95 Å². The van der Waals surface area contributed by atoms with Gasteiger partial charge in [0.25, 0.3) is 0 Å². The molecule has 2 aromatic carbocycles. The zero-order chi connectivity index (χ0) is 18.1. The van der Waals surface area contributed by atoms with Gasteiger partial charge in [0.1, 0.15) is 0 Å². The Balaban J connectivity index is 1.90. The first kappa shape index (κ1) is 16.2. The summed E-state index contributed by atoms with van der Waals surface area (Å²) in [6.07, 6.45) is 1.62. The van der Waals surface area contributed by atoms with Crippen LogP contribution >= 0.6 is 11.6 Å². The normalized spacial score (nSPS) is 10.8. The van der Waals surface area contributed by atoms with E-state index < -0.39 is 0 Å². The highest BCUT2D eigenvalue weighted by molar-refractivity contribution is 6.30. The van der Waals surface area contributed by atoms with Crippen LogP contribution in [0.2, 0.25) is 5.02 Å². The zero-order valence-electron chi connectivity index (χ0n) is 13.8. The number of aromatic nitrogens is 6. The molecule has 0 fully saturated rings. The molecule has 4 rings (SSSR count). The Kier molecular flexibility index (Phi) is 4.06. The molecule has 0 unspecified atom stereocenters. The van der Waals surface area contributed by atoms with Crippen LogP contribution in [-0.4, -0.2) is 30.2 Å². The van der Waals surface area contributed by atoms with Crippen LogP contribution in [0, 0.1) is 6.92 Å². The van der Waals surface area contributed by atoms with Crippen LogP contribution in [-0.2, 0) is 0 Å². The summed E-state index contributed by atoms with van der Waals surface area (Å²) in [5.41, 5.74) is 9.88. The number of halogens is 1. The Labute approximate surface area is 154 Å². The average molecular weight is 364 g/mol. The molecule has 0 saturated heterocycles. The second-order valence-corrected chi connectivity index (χ2v) is 6.19. The molecule has 0 bridgehead atoms. The molecular weight excluding hydrogens is 350 g/mol. The number of nitrogens with two attached hydrogens (primary N) is 1. The Hall–Kier alpha value is -3.32. The number of tetrazole rings is 1. The summed E-state index contributed by atoms with van der Waals surface area (Å²) >= 11 is 6.13. The van der Waals surface area contributed by atoms with Crippen molar-refractivity contribution in [2.75, 3.05) is 5.73 Å². The molecule has 2 N–H and O–H groups in total. The molecule has 0 aliphatic rings. The smallest absolute Gasteiger partial charge is 0.220 e. The number of benzene rings is 2. The topological polar surface area (TPSA) is 95.4 Å². The molecule has 128 valence electrons. The number of nitrogen functional groups attached to an aromatic ring is 1. The summed E-state index contributed by atoms with van der Waals surface area (Å²) < 4.78 is 1.64. The van der Waals surface area contributed by atoms with Crippen LogP contribution in [0.3, 0.4) is 0 Å². The number of anilines is 1. The fourth-order valence-electron chi connectivity index (χ4n) is 2.63. The molecule has 0 amide bonds. The third-order valence-corrected chi connectivity index (χ3v) is 4.13. The fraction of sp³-hybridized carbons (Fsp3) is 0.0556. The Morgan fingerprint density at radius 2 is 1.88 bits per heavy atom. The molecule has 0 atom stereocenters. The highest BCUT2D eigenvalue weighted by Crippen LogP contribution is 2.31. The highest BCUT2D eigenvalue weighted by Gasteiger charge is 2.18. The lowest BCUT2D eigenvalue weighted by molar-refractivity contribution is 0.791. The van der Waals surface area contributed by atoms with E-state index in [0.717, 1.165) is 16.8 Å². The lowest BCUT2D eigenvalue weighted by atomic mass is 10.1. The molecule has 0 spiro atoms. The molecule has 0 radical (unpaired) electrons. The van der Waals surface area contributed by atoms with Crippen LogP contribution in [0.5, 0.6) is 0 Å². The quantitative estimate of drug-likeness (QED) is 0.599. The van der Waals surface area contributed by atoms with Crippen LogP contribution < -0.4 is 5.73 Å². The largest absolute Gasteiger partial charge is 0.368 e. The molecule has 0 aliphatic heterocycles. The van der Waals surface area contributed by atoms with Gasteiger partial charge in [0, 0.05) is 16.8 Å². The number of hydrogen-bond donors (Lipinski definition) is 1. The molecule has 26 heavy (non-hydrogen) atoms. The summed E-state index contributed by atoms with van der Waals surface area (Å²) in [6.45, 7) is 2.02. The molecule has 7 nitrogen and oxygen atoms in total. The van der Waals surface area contributed by atoms with Gasteiger partial charge >= 0.3 is 0 Å². The molecule has 0 saturated carbocycles. The first-order valence-electron chi connectivity index (χ1n) is 7.86. The molecule has 2 aromatic heterocycles. The number of nitrogens with zero attached hydrogens (tertiary/aromatic N) is 6. The fourth-order valence-corrected chi connectivity index (χ4v) is 2.82. The minimum Gasteiger partial charge on any atom is -0.368 e. The third kappa shape index (κ3) is 3.00. The van der Waals surface area contributed by atoms with Gasteiger partial charge in [-0.25, -0.2) is 9.97 Å². The van der Waals surface area contributed by atoms with E-state index in [4.69, 9.17) is 17.3 Å². The van der Waals surface area contributed by atoms with Crippen molar-refractivity contribution in [1.29, 1.82) is 0 Å². The second kappa shape index (κ2) is 6.53. The first-order chi connectivity index (χ1) is 12.6. The lowest BCUT2D eigenvalue weighted by Gasteiger charge is -2.10. The van der Waals surface area contributed by atoms with Crippen molar-refractivity contribution in [1.82, 2.24) is 30.2 Å². The molecule has 0 aliphatic carbocycles. The summed E-state index contributed by atoms with van der Waals surface area (Å²) in [5, 5.41) is 12.7. The predicted molar refractivity (Wildman–Crippen MR) is 99.8 cm³/mol. The van der Waals surface area contributed by atoms with Gasteiger partial charge in [0.2, 0.25) is 5.95 Å². The molecular formula is C18H14ClN7. The Morgan fingerprint density at radius 3 is 2.65 bits per heavy atom. The van der Waals surface area contributed by atoms with E-state index in [1.807, 2.05) is 49.4 Å². The SMILES string of the molecule is Cc1ccc(-n2nnnc2-c2cnc(N)nc2-c2cccc(Cl)c2)cc1. The van der Waals surface area contributed by atoms with Gasteiger partial charge in [-0.15, -0.1) is 5.10 Å². The van der Waals surface area contributed by atoms with Gasteiger partial charge in [-0.2, -0.15) is 4.68 Å². The van der Waals surface area contributed by atoms with Crippen molar-refractivity contribution in [3.05, 3.63) is 65.3 Å². The molecule has 8 heteroatoms. The predicted octanol–water partition coefficient (Wildman–Crippen LogP) is 3.33. The van der Waals surface area contributed by atoms with Gasteiger partial charge in [-0.05, 0) is 41.6 Å². The second-order valence-electron chi connectivity index (χ2n) is 5.75. The molecule has 4 aromatic rings. The number of hydrogen-bond acceptors (Lipinski definition) is 6. The van der Waals surface area contributed by atoms with Crippen molar-refractivity contribution in [2.45, 2.75) is 6.92 Å². The lowest BCUT2D eigenvalue weighted by Crippen LogP contribution is -2.04. The van der Waals surface area contributed by atoms with Gasteiger partial charge < -0.3 is 5.73 Å². The summed E-state index contributed by atoms with van der Waals surface area (Å²) in [5.74, 6) is 0.682. The summed E-state index contributed by atoms with van der Waals surface area (Å²) in [4.78, 5) is 8.51.